The van der Waals surface area contributed by atoms with Gasteiger partial charge in [0.15, 0.2) is 0 Å². The van der Waals surface area contributed by atoms with Crippen molar-refractivity contribution in [1.29, 1.82) is 0 Å². The van der Waals surface area contributed by atoms with Crippen molar-refractivity contribution in [3.05, 3.63) is 119 Å². The topological polar surface area (TPSA) is 26.3 Å². The minimum atomic E-state index is -0.483. The van der Waals surface area contributed by atoms with Gasteiger partial charge in [0.1, 0.15) is 0 Å². The van der Waals surface area contributed by atoms with Crippen LogP contribution in [0.2, 0.25) is 17.0 Å². The molecule has 0 bridgehead atoms. The van der Waals surface area contributed by atoms with Gasteiger partial charge < -0.3 is 0 Å². The number of fused-ring (bicyclic) bond motifs is 2. The Labute approximate surface area is 265 Å². The van der Waals surface area contributed by atoms with Crippen molar-refractivity contribution in [3.63, 3.8) is 0 Å². The van der Waals surface area contributed by atoms with Crippen molar-refractivity contribution < 1.29 is 38.9 Å². The Kier molecular flexibility index (Phi) is 10.7. The van der Waals surface area contributed by atoms with Crippen molar-refractivity contribution in [2.75, 3.05) is 7.11 Å². The summed E-state index contributed by atoms with van der Waals surface area (Å²) in [6.07, 6.45) is 4.36. The Morgan fingerprint density at radius 1 is 0.786 bits per heavy atom. The molecule has 0 heterocycles. The first-order valence-corrected chi connectivity index (χ1v) is 17.8. The number of benzene rings is 4. The summed E-state index contributed by atoms with van der Waals surface area (Å²) < 4.78 is 5.15. The third kappa shape index (κ3) is 7.60. The molecular weight excluding hydrogens is 605 g/mol. The number of ether oxygens (including phenoxy) is 1. The molecule has 4 aromatic carbocycles. The molecule has 0 fully saturated rings. The number of aryl methyl sites for hydroxylation is 2. The molecular formula is C37H43BCo2O2. The van der Waals surface area contributed by atoms with Crippen LogP contribution in [0.1, 0.15) is 70.5 Å². The van der Waals surface area contributed by atoms with Gasteiger partial charge in [-0.2, -0.15) is 0 Å². The molecule has 0 saturated heterocycles. The van der Waals surface area contributed by atoms with Gasteiger partial charge in [0, 0.05) is 0 Å². The van der Waals surface area contributed by atoms with Gasteiger partial charge in [0.25, 0.3) is 0 Å². The first kappa shape index (κ1) is 31.1. The fraction of sp³-hybridized carbons (Fsp3) is 0.378. The van der Waals surface area contributed by atoms with Gasteiger partial charge in [0.05, 0.1) is 0 Å². The number of carbonyl (C=O) groups excluding carboxylic acids is 1. The standard InChI is InChI=1S/C16H22BO2.C12H10.C9H11.2Co/c1-11(17-10-16(2,3)15(18)19-4)13-7-5-12-6-8-14(12)9-13;1-2-10-7-8-11-5-3-4-6-12(11)9-10;1-2-6-9-7-4-3-5-8-9;;/h5,7,9,11,17H,1,6,8,10H2,2-4H3;2-9H,1H2;3-8H,2H2,1H3;;. The number of methoxy groups -OCH3 is 1. The van der Waals surface area contributed by atoms with Crippen molar-refractivity contribution >= 4 is 24.0 Å². The van der Waals surface area contributed by atoms with E-state index >= 15 is 0 Å². The van der Waals surface area contributed by atoms with Crippen LogP contribution >= 0.6 is 0 Å². The fourth-order valence-electron chi connectivity index (χ4n) is 5.69. The molecule has 0 radical (unpaired) electrons. The Bertz CT molecular complexity index is 1490. The van der Waals surface area contributed by atoms with Crippen LogP contribution in [0.25, 0.3) is 10.8 Å². The van der Waals surface area contributed by atoms with Crippen LogP contribution in [-0.4, -0.2) is 20.4 Å². The van der Waals surface area contributed by atoms with E-state index in [9.17, 15) is 4.79 Å². The quantitative estimate of drug-likeness (QED) is 0.101. The van der Waals surface area contributed by atoms with Gasteiger partial charge in [-0.3, -0.25) is 0 Å². The molecule has 1 aliphatic carbocycles. The van der Waals surface area contributed by atoms with Crippen LogP contribution in [0.3, 0.4) is 0 Å². The van der Waals surface area contributed by atoms with E-state index in [1.807, 2.05) is 13.8 Å². The monoisotopic (exact) mass is 648 g/mol. The SMILES string of the molecule is CC[CH]([Co][CH2][CH]([Co][CH2]C(BCC(C)(C)C(=O)OC)c1ccc2c(c1)CC2)c1ccc2ccccc2c1)c1ccccc1. The summed E-state index contributed by atoms with van der Waals surface area (Å²) in [5.41, 5.74) is 6.85. The molecule has 0 amide bonds. The average Bonchev–Trinajstić information content (AvgIpc) is 3.00. The molecule has 42 heavy (non-hydrogen) atoms. The molecule has 4 aromatic rings. The molecule has 2 nitrogen and oxygen atoms in total. The Balaban J connectivity index is 1.39. The first-order valence-electron chi connectivity index (χ1n) is 15.2. The van der Waals surface area contributed by atoms with Crippen molar-refractivity contribution in [3.8, 4) is 0 Å². The number of carbonyl (C=O) groups is 1. The van der Waals surface area contributed by atoms with Gasteiger partial charge in [0.2, 0.25) is 0 Å². The zero-order valence-electron chi connectivity index (χ0n) is 25.3. The van der Waals surface area contributed by atoms with E-state index in [-0.39, 0.29) is 5.97 Å². The molecule has 224 valence electrons. The Morgan fingerprint density at radius 2 is 1.48 bits per heavy atom. The van der Waals surface area contributed by atoms with Crippen molar-refractivity contribution in [2.24, 2.45) is 5.41 Å². The summed E-state index contributed by atoms with van der Waals surface area (Å²) in [4.78, 5) is 13.5. The van der Waals surface area contributed by atoms with Gasteiger partial charge in [-0.05, 0) is 0 Å². The predicted molar refractivity (Wildman–Crippen MR) is 170 cm³/mol. The molecule has 0 N–H and O–H groups in total. The molecule has 0 saturated carbocycles. The third-order valence-electron chi connectivity index (χ3n) is 8.59. The predicted octanol–water partition coefficient (Wildman–Crippen LogP) is 8.93. The van der Waals surface area contributed by atoms with E-state index in [4.69, 9.17) is 4.74 Å². The third-order valence-corrected chi connectivity index (χ3v) is 12.7. The molecule has 3 unspecified atom stereocenters. The number of hydrogen-bond acceptors (Lipinski definition) is 2. The molecule has 0 spiro atoms. The summed E-state index contributed by atoms with van der Waals surface area (Å²) in [7, 11) is 2.49. The molecule has 1 aliphatic rings. The van der Waals surface area contributed by atoms with Crippen LogP contribution in [0.4, 0.5) is 0 Å². The van der Waals surface area contributed by atoms with Crippen LogP contribution < -0.4 is 0 Å². The second-order valence-corrected chi connectivity index (χ2v) is 15.1. The molecule has 5 rings (SSSR count). The molecule has 5 heteroatoms. The minimum absolute atomic E-state index is 0.116. The summed E-state index contributed by atoms with van der Waals surface area (Å²) in [5.74, 6) is 0.296. The Hall–Kier alpha value is -2.31. The number of hydrogen-bond donors (Lipinski definition) is 0. The van der Waals surface area contributed by atoms with Crippen molar-refractivity contribution in [1.82, 2.24) is 0 Å². The van der Waals surface area contributed by atoms with Gasteiger partial charge in [-0.25, -0.2) is 0 Å². The van der Waals surface area contributed by atoms with E-state index in [1.165, 1.54) is 87.9 Å². The fourth-order valence-corrected chi connectivity index (χ4v) is 9.52. The van der Waals surface area contributed by atoms with Gasteiger partial charge in [-0.15, -0.1) is 0 Å². The summed E-state index contributed by atoms with van der Waals surface area (Å²) in [6, 6.07) is 34.0. The van der Waals surface area contributed by atoms with Gasteiger partial charge >= 0.3 is 267 Å². The maximum absolute atomic E-state index is 12.5. The average molecular weight is 648 g/mol. The number of esters is 1. The molecule has 3 atom stereocenters. The molecule has 0 aromatic heterocycles. The maximum atomic E-state index is 12.5. The molecule has 0 aliphatic heterocycles. The summed E-state index contributed by atoms with van der Waals surface area (Å²) in [6.45, 7) is 6.36. The summed E-state index contributed by atoms with van der Waals surface area (Å²) in [5, 5.41) is 4.84. The van der Waals surface area contributed by atoms with E-state index in [0.717, 1.165) is 30.7 Å². The zero-order chi connectivity index (χ0) is 29.5. The van der Waals surface area contributed by atoms with Crippen LogP contribution in [0, 0.1) is 5.41 Å². The van der Waals surface area contributed by atoms with Crippen LogP contribution in [0.15, 0.2) is 91.0 Å². The first-order chi connectivity index (χ1) is 20.4. The van der Waals surface area contributed by atoms with Crippen molar-refractivity contribution in [2.45, 2.75) is 72.6 Å². The second kappa shape index (κ2) is 14.4. The van der Waals surface area contributed by atoms with E-state index in [1.54, 1.807) is 0 Å². The van der Waals surface area contributed by atoms with Crippen LogP contribution in [0.5, 0.6) is 0 Å². The zero-order valence-corrected chi connectivity index (χ0v) is 27.4. The van der Waals surface area contributed by atoms with E-state index in [0.29, 0.717) is 15.5 Å². The summed E-state index contributed by atoms with van der Waals surface area (Å²) >= 11 is 3.02. The van der Waals surface area contributed by atoms with Gasteiger partial charge in [-0.1, -0.05) is 0 Å². The normalized spacial score (nSPS) is 15.0. The van der Waals surface area contributed by atoms with E-state index < -0.39 is 5.41 Å². The Morgan fingerprint density at radius 3 is 2.17 bits per heavy atom. The van der Waals surface area contributed by atoms with E-state index in [2.05, 4.69) is 97.9 Å². The van der Waals surface area contributed by atoms with Crippen LogP contribution in [-0.2, 0) is 51.8 Å². The second-order valence-electron chi connectivity index (χ2n) is 12.0. The number of rotatable bonds is 14.